The zero-order valence-corrected chi connectivity index (χ0v) is 20.8. The third-order valence-corrected chi connectivity index (χ3v) is 7.03. The minimum atomic E-state index is -0.969. The Kier molecular flexibility index (Phi) is 6.09. The highest BCUT2D eigenvalue weighted by molar-refractivity contribution is 6.31. The van der Waals surface area contributed by atoms with Gasteiger partial charge in [-0.15, -0.1) is 5.10 Å². The number of rotatable bonds is 8. The fraction of sp³-hybridized carbons (Fsp3) is 0.185. The second-order valence-corrected chi connectivity index (χ2v) is 9.81. The van der Waals surface area contributed by atoms with Gasteiger partial charge >= 0.3 is 5.97 Å². The number of halogens is 1. The summed E-state index contributed by atoms with van der Waals surface area (Å²) in [5.74, 6) is -0.426. The van der Waals surface area contributed by atoms with Crippen LogP contribution in [0.5, 0.6) is 0 Å². The number of nitrogens with zero attached hydrogens (tertiary/aromatic N) is 7. The van der Waals surface area contributed by atoms with E-state index in [1.165, 1.54) is 11.0 Å². The van der Waals surface area contributed by atoms with Gasteiger partial charge in [0.05, 0.1) is 17.4 Å². The van der Waals surface area contributed by atoms with Crippen LogP contribution in [-0.4, -0.2) is 41.1 Å². The summed E-state index contributed by atoms with van der Waals surface area (Å²) < 4.78 is 4.25. The van der Waals surface area contributed by atoms with E-state index in [4.69, 9.17) is 16.7 Å². The van der Waals surface area contributed by atoms with Gasteiger partial charge < -0.3 is 10.3 Å². The number of carboxylic acid groups (broad SMARTS) is 1. The highest BCUT2D eigenvalue weighted by Crippen LogP contribution is 2.39. The average molecular weight is 528 g/mol. The summed E-state index contributed by atoms with van der Waals surface area (Å²) in [4.78, 5) is 11.2. The smallest absolute Gasteiger partial charge is 0.335 e. The molecule has 0 bridgehead atoms. The molecule has 1 aliphatic rings. The van der Waals surface area contributed by atoms with Crippen LogP contribution < -0.4 is 4.73 Å². The molecule has 0 radical (unpaired) electrons. The molecule has 0 unspecified atom stereocenters. The number of carbonyl (C=O) groups is 1. The Morgan fingerprint density at radius 2 is 1.89 bits per heavy atom. The highest BCUT2D eigenvalue weighted by atomic mass is 35.5. The van der Waals surface area contributed by atoms with Gasteiger partial charge in [0.25, 0.3) is 0 Å². The van der Waals surface area contributed by atoms with Gasteiger partial charge in [-0.1, -0.05) is 36.6 Å². The Morgan fingerprint density at radius 1 is 1.11 bits per heavy atom. The fourth-order valence-electron chi connectivity index (χ4n) is 4.62. The summed E-state index contributed by atoms with van der Waals surface area (Å²) in [6.45, 7) is 0. The van der Waals surface area contributed by atoms with E-state index in [1.807, 2.05) is 23.0 Å². The van der Waals surface area contributed by atoms with Gasteiger partial charge in [0.15, 0.2) is 6.20 Å². The summed E-state index contributed by atoms with van der Waals surface area (Å²) in [6, 6.07) is 15.5. The molecule has 0 spiro atoms. The van der Waals surface area contributed by atoms with Crippen LogP contribution in [0.4, 0.5) is 0 Å². The van der Waals surface area contributed by atoms with Crippen LogP contribution in [-0.2, 0) is 0 Å². The van der Waals surface area contributed by atoms with Gasteiger partial charge in [-0.2, -0.15) is 14.5 Å². The van der Waals surface area contributed by atoms with Crippen LogP contribution in [0.2, 0.25) is 5.02 Å². The Bertz CT molecular complexity index is 1610. The number of hydrogen-bond donors (Lipinski definition) is 1. The SMILES string of the molecule is O=C(O)c1ccc(-c2cnn([C@H](CC3CC3)c3ccc(-c4cc(Cl)ccc4-n4cnnn4)c[n+]3[O-])c2)cc1. The van der Waals surface area contributed by atoms with Crippen LogP contribution >= 0.6 is 11.6 Å². The molecule has 1 saturated carbocycles. The molecule has 0 aliphatic heterocycles. The molecule has 2 aromatic carbocycles. The summed E-state index contributed by atoms with van der Waals surface area (Å²) in [5.41, 5.74) is 4.63. The largest absolute Gasteiger partial charge is 0.618 e. The summed E-state index contributed by atoms with van der Waals surface area (Å²) in [6.07, 6.45) is 9.75. The Hall–Kier alpha value is -4.57. The van der Waals surface area contributed by atoms with Crippen LogP contribution in [0.1, 0.15) is 41.4 Å². The molecular formula is C27H22ClN7O3. The van der Waals surface area contributed by atoms with E-state index in [1.54, 1.807) is 54.9 Å². The molecular weight excluding hydrogens is 506 g/mol. The summed E-state index contributed by atoms with van der Waals surface area (Å²) in [5, 5.41) is 39.1. The van der Waals surface area contributed by atoms with E-state index in [0.29, 0.717) is 27.9 Å². The van der Waals surface area contributed by atoms with Crippen LogP contribution in [0.15, 0.2) is 79.5 Å². The van der Waals surface area contributed by atoms with Gasteiger partial charge in [0, 0.05) is 34.0 Å². The number of benzene rings is 2. The Balaban J connectivity index is 1.35. The first kappa shape index (κ1) is 23.8. The summed E-state index contributed by atoms with van der Waals surface area (Å²) >= 11 is 6.28. The van der Waals surface area contributed by atoms with Crippen molar-refractivity contribution in [1.29, 1.82) is 0 Å². The first-order chi connectivity index (χ1) is 18.5. The number of pyridine rings is 1. The molecule has 0 amide bonds. The second-order valence-electron chi connectivity index (χ2n) is 9.37. The van der Waals surface area contributed by atoms with E-state index in [-0.39, 0.29) is 11.6 Å². The lowest BCUT2D eigenvalue weighted by Crippen LogP contribution is -2.35. The van der Waals surface area contributed by atoms with Gasteiger partial charge in [-0.25, -0.2) is 4.79 Å². The number of aromatic carboxylic acids is 1. The molecule has 5 aromatic rings. The quantitative estimate of drug-likeness (QED) is 0.231. The van der Waals surface area contributed by atoms with Crippen molar-refractivity contribution >= 4 is 17.6 Å². The molecule has 1 aliphatic carbocycles. The van der Waals surface area contributed by atoms with Crippen molar-refractivity contribution in [3.63, 3.8) is 0 Å². The van der Waals surface area contributed by atoms with E-state index >= 15 is 0 Å². The first-order valence-corrected chi connectivity index (χ1v) is 12.5. The maximum Gasteiger partial charge on any atom is 0.335 e. The number of hydrogen-bond acceptors (Lipinski definition) is 6. The van der Waals surface area contributed by atoms with Crippen molar-refractivity contribution in [3.8, 4) is 27.9 Å². The van der Waals surface area contributed by atoms with Crippen molar-refractivity contribution < 1.29 is 14.6 Å². The number of aromatic nitrogens is 7. The van der Waals surface area contributed by atoms with Gasteiger partial charge in [-0.3, -0.25) is 4.68 Å². The lowest BCUT2D eigenvalue weighted by Gasteiger charge is -2.18. The van der Waals surface area contributed by atoms with E-state index < -0.39 is 5.97 Å². The molecule has 1 atom stereocenters. The molecule has 3 aromatic heterocycles. The van der Waals surface area contributed by atoms with Crippen molar-refractivity contribution in [1.82, 2.24) is 30.0 Å². The predicted octanol–water partition coefficient (Wildman–Crippen LogP) is 4.57. The zero-order valence-electron chi connectivity index (χ0n) is 20.1. The molecule has 11 heteroatoms. The molecule has 38 heavy (non-hydrogen) atoms. The Labute approximate surface area is 222 Å². The van der Waals surface area contributed by atoms with Crippen molar-refractivity contribution in [2.45, 2.75) is 25.3 Å². The molecule has 6 rings (SSSR count). The van der Waals surface area contributed by atoms with E-state index in [9.17, 15) is 10.0 Å². The third-order valence-electron chi connectivity index (χ3n) is 6.79. The first-order valence-electron chi connectivity index (χ1n) is 12.1. The fourth-order valence-corrected chi connectivity index (χ4v) is 4.79. The van der Waals surface area contributed by atoms with Gasteiger partial charge in [0.2, 0.25) is 5.69 Å². The van der Waals surface area contributed by atoms with Crippen LogP contribution in [0, 0.1) is 11.1 Å². The number of carboxylic acids is 1. The van der Waals surface area contributed by atoms with Crippen molar-refractivity contribution in [2.75, 3.05) is 0 Å². The minimum absolute atomic E-state index is 0.225. The Morgan fingerprint density at radius 3 is 2.58 bits per heavy atom. The van der Waals surface area contributed by atoms with E-state index in [2.05, 4.69) is 20.6 Å². The predicted molar refractivity (Wildman–Crippen MR) is 139 cm³/mol. The average Bonchev–Trinajstić information content (AvgIpc) is 3.36. The highest BCUT2D eigenvalue weighted by Gasteiger charge is 2.32. The molecule has 3 heterocycles. The summed E-state index contributed by atoms with van der Waals surface area (Å²) in [7, 11) is 0. The van der Waals surface area contributed by atoms with Gasteiger partial charge in [0.1, 0.15) is 12.4 Å². The lowest BCUT2D eigenvalue weighted by molar-refractivity contribution is -0.615. The minimum Gasteiger partial charge on any atom is -0.618 e. The monoisotopic (exact) mass is 527 g/mol. The topological polar surface area (TPSA) is 126 Å². The zero-order chi connectivity index (χ0) is 26.2. The van der Waals surface area contributed by atoms with Crippen LogP contribution in [0.25, 0.3) is 27.9 Å². The van der Waals surface area contributed by atoms with E-state index in [0.717, 1.165) is 40.7 Å². The molecule has 1 fully saturated rings. The van der Waals surface area contributed by atoms with Crippen molar-refractivity contribution in [2.24, 2.45) is 5.92 Å². The maximum atomic E-state index is 13.4. The number of tetrazole rings is 1. The molecule has 190 valence electrons. The molecule has 0 saturated heterocycles. The second kappa shape index (κ2) is 9.71. The lowest BCUT2D eigenvalue weighted by atomic mass is 10.0. The molecule has 10 nitrogen and oxygen atoms in total. The molecule has 1 N–H and O–H groups in total. The normalized spacial score (nSPS) is 13.9. The van der Waals surface area contributed by atoms with Gasteiger partial charge in [-0.05, 0) is 64.7 Å². The maximum absolute atomic E-state index is 13.4. The van der Waals surface area contributed by atoms with Crippen LogP contribution in [0.3, 0.4) is 0 Å². The van der Waals surface area contributed by atoms with Crippen molar-refractivity contribution in [3.05, 3.63) is 101 Å². The third kappa shape index (κ3) is 4.73. The standard InChI is InChI=1S/C27H22ClN7O3/c28-22-8-10-24(34-16-29-31-32-34)23(12-22)20-7-9-25(35(38)15-20)26(11-17-1-2-17)33-14-21(13-30-33)18-3-5-19(6-4-18)27(36)37/h3-10,12-17,26H,1-2,11H2,(H,36,37)/t26-/m1/s1.